The van der Waals surface area contributed by atoms with Crippen LogP contribution in [0.5, 0.6) is 0 Å². The first-order valence-electron chi connectivity index (χ1n) is 11.6. The largest absolute Gasteiger partial charge is 0.273 e. The normalized spacial score (nSPS) is 11.7. The quantitative estimate of drug-likeness (QED) is 0.197. The maximum absolute atomic E-state index is 13.9. The van der Waals surface area contributed by atoms with Gasteiger partial charge in [0.1, 0.15) is 0 Å². The number of sulfonamides is 1. The Bertz CT molecular complexity index is 1540. The van der Waals surface area contributed by atoms with Gasteiger partial charge in [-0.2, -0.15) is 5.10 Å². The molecule has 0 aliphatic heterocycles. The molecule has 37 heavy (non-hydrogen) atoms. The van der Waals surface area contributed by atoms with Crippen LogP contribution in [-0.4, -0.2) is 20.0 Å². The van der Waals surface area contributed by atoms with E-state index in [-0.39, 0.29) is 22.7 Å². The lowest BCUT2D eigenvalue weighted by Gasteiger charge is -2.26. The molecule has 4 aromatic carbocycles. The minimum atomic E-state index is -3.99. The van der Waals surface area contributed by atoms with Crippen molar-refractivity contribution in [1.29, 1.82) is 0 Å². The average Bonchev–Trinajstić information content (AvgIpc) is 2.91. The molecule has 0 saturated carbocycles. The number of nitrogens with one attached hydrogen (secondary N) is 1. The molecule has 8 heteroatoms. The van der Waals surface area contributed by atoms with E-state index in [0.717, 1.165) is 21.2 Å². The van der Waals surface area contributed by atoms with Gasteiger partial charge < -0.3 is 0 Å². The molecule has 0 atom stereocenters. The second kappa shape index (κ2) is 11.5. The maximum atomic E-state index is 13.9. The van der Waals surface area contributed by atoms with Crippen molar-refractivity contribution in [3.63, 3.8) is 0 Å². The summed E-state index contributed by atoms with van der Waals surface area (Å²) in [4.78, 5) is 13.4. The fourth-order valence-electron chi connectivity index (χ4n) is 3.74. The van der Waals surface area contributed by atoms with E-state index < -0.39 is 15.9 Å². The van der Waals surface area contributed by atoms with Gasteiger partial charge in [-0.25, -0.2) is 13.8 Å². The zero-order chi connectivity index (χ0) is 26.4. The summed E-state index contributed by atoms with van der Waals surface area (Å²) >= 11 is 3.44. The Kier molecular flexibility index (Phi) is 8.21. The number of hydrogen-bond donors (Lipinski definition) is 1. The summed E-state index contributed by atoms with van der Waals surface area (Å²) in [7, 11) is -3.99. The Morgan fingerprint density at radius 3 is 2.27 bits per heavy atom. The van der Waals surface area contributed by atoms with Gasteiger partial charge in [-0.15, -0.1) is 0 Å². The number of carbonyl (C=O) groups excluding carboxylic acids is 1. The number of halogens is 1. The Hall–Kier alpha value is -3.75. The van der Waals surface area contributed by atoms with Gasteiger partial charge in [0.05, 0.1) is 28.4 Å². The van der Waals surface area contributed by atoms with E-state index in [2.05, 4.69) is 26.5 Å². The van der Waals surface area contributed by atoms with Gasteiger partial charge in [-0.1, -0.05) is 88.2 Å². The second-order valence-electron chi connectivity index (χ2n) is 8.48. The monoisotopic (exact) mass is 575 g/mol. The summed E-state index contributed by atoms with van der Waals surface area (Å²) in [5.41, 5.74) is 6.24. The van der Waals surface area contributed by atoms with Crippen molar-refractivity contribution in [3.8, 4) is 0 Å². The summed E-state index contributed by atoms with van der Waals surface area (Å²) in [5.74, 6) is -0.512. The highest BCUT2D eigenvalue weighted by atomic mass is 79.9. The van der Waals surface area contributed by atoms with Crippen molar-refractivity contribution < 1.29 is 13.2 Å². The number of nitrogens with zero attached hydrogens (tertiary/aromatic N) is 2. The van der Waals surface area contributed by atoms with Crippen LogP contribution in [0.4, 0.5) is 5.69 Å². The first-order chi connectivity index (χ1) is 17.8. The molecule has 0 bridgehead atoms. The van der Waals surface area contributed by atoms with Crippen LogP contribution in [0.3, 0.4) is 0 Å². The Morgan fingerprint density at radius 2 is 1.57 bits per heavy atom. The lowest BCUT2D eigenvalue weighted by atomic mass is 10.1. The van der Waals surface area contributed by atoms with Crippen molar-refractivity contribution in [3.05, 3.63) is 130 Å². The summed E-state index contributed by atoms with van der Waals surface area (Å²) in [6.07, 6.45) is 0. The van der Waals surface area contributed by atoms with Crippen LogP contribution in [0.15, 0.2) is 118 Å². The minimum Gasteiger partial charge on any atom is -0.267 e. The van der Waals surface area contributed by atoms with Crippen LogP contribution < -0.4 is 9.73 Å². The zero-order valence-electron chi connectivity index (χ0n) is 20.4. The fraction of sp³-hybridized carbons (Fsp3) is 0.103. The predicted octanol–water partition coefficient (Wildman–Crippen LogP) is 6.31. The van der Waals surface area contributed by atoms with E-state index in [4.69, 9.17) is 0 Å². The van der Waals surface area contributed by atoms with Gasteiger partial charge in [-0.3, -0.25) is 9.10 Å². The molecule has 0 unspecified atom stereocenters. The van der Waals surface area contributed by atoms with Crippen molar-refractivity contribution in [2.24, 2.45) is 5.10 Å². The van der Waals surface area contributed by atoms with Crippen LogP contribution in [0.25, 0.3) is 0 Å². The molecular weight excluding hydrogens is 550 g/mol. The number of carbonyl (C=O) groups is 1. The van der Waals surface area contributed by atoms with E-state index in [1.165, 1.54) is 4.31 Å². The number of hydrogen-bond acceptors (Lipinski definition) is 4. The number of aryl methyl sites for hydroxylation is 1. The lowest BCUT2D eigenvalue weighted by molar-refractivity contribution is 0.0955. The predicted molar refractivity (Wildman–Crippen MR) is 151 cm³/mol. The minimum absolute atomic E-state index is 0.0572. The zero-order valence-corrected chi connectivity index (χ0v) is 22.8. The standard InChI is InChI=1S/C29H26BrN3O3S/c1-21-15-17-26(18-16-21)37(35,36)33(20-23-9-4-3-5-10-23)28-14-7-6-13-27(28)29(34)32-31-22(2)24-11-8-12-25(30)19-24/h3-19H,20H2,1-2H3,(H,32,34)/b31-22-. The average molecular weight is 577 g/mol. The van der Waals surface area contributed by atoms with Crippen LogP contribution in [0.1, 0.15) is 34.0 Å². The van der Waals surface area contributed by atoms with E-state index in [1.807, 2.05) is 61.5 Å². The van der Waals surface area contributed by atoms with Gasteiger partial charge in [0.15, 0.2) is 0 Å². The van der Waals surface area contributed by atoms with Crippen LogP contribution in [0, 0.1) is 6.92 Å². The molecule has 1 amide bonds. The SMILES string of the molecule is C/C(=N/NC(=O)c1ccccc1N(Cc1ccccc1)S(=O)(=O)c1ccc(C)cc1)c1cccc(Br)c1. The van der Waals surface area contributed by atoms with Crippen molar-refractivity contribution >= 4 is 43.3 Å². The van der Waals surface area contributed by atoms with E-state index in [0.29, 0.717) is 5.71 Å². The molecule has 0 fully saturated rings. The summed E-state index contributed by atoms with van der Waals surface area (Å²) in [6.45, 7) is 3.74. The number of rotatable bonds is 8. The molecule has 6 nitrogen and oxygen atoms in total. The second-order valence-corrected chi connectivity index (χ2v) is 11.3. The molecule has 0 saturated heterocycles. The molecule has 0 radical (unpaired) electrons. The molecule has 4 rings (SSSR count). The fourth-order valence-corrected chi connectivity index (χ4v) is 5.61. The van der Waals surface area contributed by atoms with E-state index in [9.17, 15) is 13.2 Å². The first-order valence-corrected chi connectivity index (χ1v) is 13.8. The van der Waals surface area contributed by atoms with Gasteiger partial charge in [-0.05, 0) is 61.4 Å². The first kappa shape index (κ1) is 26.3. The van der Waals surface area contributed by atoms with Gasteiger partial charge in [0.2, 0.25) is 0 Å². The summed E-state index contributed by atoms with van der Waals surface area (Å²) < 4.78 is 29.9. The van der Waals surface area contributed by atoms with Crippen LogP contribution in [-0.2, 0) is 16.6 Å². The molecule has 0 aliphatic rings. The molecule has 188 valence electrons. The number of hydrazone groups is 1. The number of amides is 1. The molecule has 0 heterocycles. The van der Waals surface area contributed by atoms with Gasteiger partial charge in [0, 0.05) is 4.47 Å². The van der Waals surface area contributed by atoms with Crippen molar-refractivity contribution in [1.82, 2.24) is 5.43 Å². The van der Waals surface area contributed by atoms with E-state index >= 15 is 0 Å². The number of benzene rings is 4. The number of para-hydroxylation sites is 1. The third-order valence-electron chi connectivity index (χ3n) is 5.76. The van der Waals surface area contributed by atoms with Crippen molar-refractivity contribution in [2.75, 3.05) is 4.31 Å². The molecule has 1 N–H and O–H groups in total. The van der Waals surface area contributed by atoms with Crippen molar-refractivity contribution in [2.45, 2.75) is 25.3 Å². The smallest absolute Gasteiger partial charge is 0.267 e. The Morgan fingerprint density at radius 1 is 0.892 bits per heavy atom. The summed E-state index contributed by atoms with van der Waals surface area (Å²) in [6, 6.07) is 30.2. The highest BCUT2D eigenvalue weighted by Gasteiger charge is 2.28. The van der Waals surface area contributed by atoms with Crippen LogP contribution in [0.2, 0.25) is 0 Å². The lowest BCUT2D eigenvalue weighted by Crippen LogP contribution is -2.33. The van der Waals surface area contributed by atoms with E-state index in [1.54, 1.807) is 55.5 Å². The molecular formula is C29H26BrN3O3S. The molecule has 4 aromatic rings. The highest BCUT2D eigenvalue weighted by molar-refractivity contribution is 9.10. The topological polar surface area (TPSA) is 78.8 Å². The number of anilines is 1. The molecule has 0 aromatic heterocycles. The maximum Gasteiger partial charge on any atom is 0.273 e. The molecule has 0 aliphatic carbocycles. The summed E-state index contributed by atoms with van der Waals surface area (Å²) in [5, 5.41) is 4.25. The molecule has 0 spiro atoms. The van der Waals surface area contributed by atoms with Crippen LogP contribution >= 0.6 is 15.9 Å². The third kappa shape index (κ3) is 6.34. The Labute approximate surface area is 225 Å². The third-order valence-corrected chi connectivity index (χ3v) is 8.03. The van der Waals surface area contributed by atoms with Gasteiger partial charge in [0.25, 0.3) is 15.9 Å². The highest BCUT2D eigenvalue weighted by Crippen LogP contribution is 2.29. The van der Waals surface area contributed by atoms with Gasteiger partial charge >= 0.3 is 0 Å². The Balaban J connectivity index is 1.73.